The molecular weight excluding hydrogens is 507 g/mol. The summed E-state index contributed by atoms with van der Waals surface area (Å²) in [6.07, 6.45) is 1.07. The van der Waals surface area contributed by atoms with E-state index in [1.807, 2.05) is 13.8 Å². The van der Waals surface area contributed by atoms with Gasteiger partial charge in [-0.3, -0.25) is 9.59 Å². The number of aromatic nitrogens is 2. The van der Waals surface area contributed by atoms with Crippen molar-refractivity contribution >= 4 is 29.0 Å². The highest BCUT2D eigenvalue weighted by atomic mass is 19.1. The maximum atomic E-state index is 14.2. The van der Waals surface area contributed by atoms with E-state index in [1.165, 1.54) is 17.0 Å². The van der Waals surface area contributed by atoms with Crippen molar-refractivity contribution in [3.8, 4) is 0 Å². The van der Waals surface area contributed by atoms with Gasteiger partial charge in [-0.15, -0.1) is 0 Å². The topological polar surface area (TPSA) is 114 Å². The van der Waals surface area contributed by atoms with Crippen LogP contribution >= 0.6 is 0 Å². The number of likely N-dealkylation sites (tertiary alicyclic amines) is 1. The smallest absolute Gasteiger partial charge is 0.410 e. The van der Waals surface area contributed by atoms with Gasteiger partial charge in [0.25, 0.3) is 5.91 Å². The predicted molar refractivity (Wildman–Crippen MR) is 144 cm³/mol. The normalized spacial score (nSPS) is 18.0. The monoisotopic (exact) mass is 548 g/mol. The van der Waals surface area contributed by atoms with Crippen molar-refractivity contribution in [2.45, 2.75) is 72.1 Å². The molecule has 1 aromatic carbocycles. The number of nitrogens with zero attached hydrogens (tertiary/aromatic N) is 4. The number of amides is 2. The zero-order valence-corrected chi connectivity index (χ0v) is 23.8. The molecular formula is C28H41FN4O6. The minimum atomic E-state index is -1.04. The Morgan fingerprint density at radius 2 is 1.92 bits per heavy atom. The van der Waals surface area contributed by atoms with E-state index in [0.29, 0.717) is 30.7 Å². The third-order valence-corrected chi connectivity index (χ3v) is 6.57. The third-order valence-electron chi connectivity index (χ3n) is 6.57. The number of hydrogen-bond donors (Lipinski definition) is 1. The Morgan fingerprint density at radius 1 is 1.21 bits per heavy atom. The van der Waals surface area contributed by atoms with Crippen molar-refractivity contribution in [1.82, 2.24) is 19.4 Å². The third kappa shape index (κ3) is 7.90. The number of carbonyl (C=O) groups excluding carboxylic acids is 2. The fraction of sp³-hybridized carbons (Fsp3) is 0.643. The van der Waals surface area contributed by atoms with Crippen LogP contribution < -0.4 is 0 Å². The Hall–Kier alpha value is -3.21. The molecule has 1 aliphatic rings. The Bertz CT molecular complexity index is 1170. The molecule has 2 heterocycles. The molecule has 1 saturated heterocycles. The minimum Gasteiger partial charge on any atom is -0.481 e. The molecule has 0 spiro atoms. The molecule has 0 bridgehead atoms. The zero-order chi connectivity index (χ0) is 28.9. The van der Waals surface area contributed by atoms with Crippen molar-refractivity contribution in [3.63, 3.8) is 0 Å². The summed E-state index contributed by atoms with van der Waals surface area (Å²) in [6.45, 7) is 10.7. The number of unbranched alkanes of at least 4 members (excludes halogenated alkanes) is 1. The molecule has 0 saturated carbocycles. The van der Waals surface area contributed by atoms with Crippen molar-refractivity contribution < 1.29 is 33.4 Å². The van der Waals surface area contributed by atoms with Gasteiger partial charge in [-0.05, 0) is 58.1 Å². The van der Waals surface area contributed by atoms with Crippen molar-refractivity contribution in [3.05, 3.63) is 29.8 Å². The molecule has 1 fully saturated rings. The number of hydrogen-bond acceptors (Lipinski definition) is 6. The zero-order valence-electron chi connectivity index (χ0n) is 23.8. The first-order valence-electron chi connectivity index (χ1n) is 13.5. The molecule has 2 aromatic rings. The highest BCUT2D eigenvalue weighted by Crippen LogP contribution is 2.27. The Kier molecular flexibility index (Phi) is 9.93. The highest BCUT2D eigenvalue weighted by molar-refractivity contribution is 5.95. The number of rotatable bonds is 10. The molecule has 2 amide bonds. The van der Waals surface area contributed by atoms with Crippen LogP contribution in [-0.4, -0.2) is 87.4 Å². The van der Waals surface area contributed by atoms with Gasteiger partial charge in [-0.1, -0.05) is 13.8 Å². The van der Waals surface area contributed by atoms with Crippen LogP contribution in [-0.2, 0) is 20.8 Å². The number of methoxy groups -OCH3 is 1. The number of aryl methyl sites for hydroxylation is 1. The van der Waals surface area contributed by atoms with Gasteiger partial charge in [-0.2, -0.15) is 0 Å². The average Bonchev–Trinajstić information content (AvgIpc) is 3.20. The summed E-state index contributed by atoms with van der Waals surface area (Å²) in [4.78, 5) is 46.7. The SMILES string of the molecule is COCCCCn1c(C(=O)N(CC(C)C)[C@H]2C[C@@H](C(=O)O)CN(C(=O)OC(C)(C)C)C2)nc2cc(F)ccc21. The maximum Gasteiger partial charge on any atom is 0.410 e. The molecule has 0 aliphatic carbocycles. The molecule has 0 radical (unpaired) electrons. The van der Waals surface area contributed by atoms with Crippen LogP contribution in [0, 0.1) is 17.7 Å². The second-order valence-corrected chi connectivity index (χ2v) is 11.6. The van der Waals surface area contributed by atoms with Crippen molar-refractivity contribution in [2.24, 2.45) is 11.8 Å². The number of aliphatic carboxylic acids is 1. The van der Waals surface area contributed by atoms with Gasteiger partial charge in [0.1, 0.15) is 11.4 Å². The minimum absolute atomic E-state index is 0.00173. The van der Waals surface area contributed by atoms with Crippen LogP contribution in [0.4, 0.5) is 9.18 Å². The molecule has 3 rings (SSSR count). The van der Waals surface area contributed by atoms with E-state index in [9.17, 15) is 23.9 Å². The number of halogens is 1. The fourth-order valence-corrected chi connectivity index (χ4v) is 4.88. The fourth-order valence-electron chi connectivity index (χ4n) is 4.88. The molecule has 2 atom stereocenters. The lowest BCUT2D eigenvalue weighted by Gasteiger charge is -2.42. The van der Waals surface area contributed by atoms with Crippen molar-refractivity contribution in [2.75, 3.05) is 33.4 Å². The molecule has 216 valence electrons. The Morgan fingerprint density at radius 3 is 2.54 bits per heavy atom. The van der Waals surface area contributed by atoms with E-state index in [0.717, 1.165) is 12.8 Å². The van der Waals surface area contributed by atoms with E-state index >= 15 is 0 Å². The number of carbonyl (C=O) groups is 3. The van der Waals surface area contributed by atoms with Gasteiger partial charge in [0.2, 0.25) is 0 Å². The number of imidazole rings is 1. The number of benzene rings is 1. The van der Waals surface area contributed by atoms with Crippen LogP contribution in [0.5, 0.6) is 0 Å². The number of carboxylic acid groups (broad SMARTS) is 1. The lowest BCUT2D eigenvalue weighted by molar-refractivity contribution is -0.144. The van der Waals surface area contributed by atoms with E-state index < -0.39 is 35.4 Å². The molecule has 10 nitrogen and oxygen atoms in total. The van der Waals surface area contributed by atoms with Crippen LogP contribution in [0.15, 0.2) is 18.2 Å². The quantitative estimate of drug-likeness (QED) is 0.438. The van der Waals surface area contributed by atoms with E-state index in [2.05, 4.69) is 4.98 Å². The number of fused-ring (bicyclic) bond motifs is 1. The lowest BCUT2D eigenvalue weighted by atomic mass is 9.92. The maximum absolute atomic E-state index is 14.2. The summed E-state index contributed by atoms with van der Waals surface area (Å²) in [7, 11) is 1.63. The average molecular weight is 549 g/mol. The van der Waals surface area contributed by atoms with E-state index in [4.69, 9.17) is 9.47 Å². The summed E-state index contributed by atoms with van der Waals surface area (Å²) in [5, 5.41) is 9.87. The second-order valence-electron chi connectivity index (χ2n) is 11.6. The number of carboxylic acids is 1. The molecule has 11 heteroatoms. The lowest BCUT2D eigenvalue weighted by Crippen LogP contribution is -2.57. The number of piperidine rings is 1. The van der Waals surface area contributed by atoms with Crippen LogP contribution in [0.25, 0.3) is 11.0 Å². The van der Waals surface area contributed by atoms with E-state index in [-0.39, 0.29) is 37.2 Å². The number of ether oxygens (including phenoxy) is 2. The van der Waals surface area contributed by atoms with Crippen LogP contribution in [0.1, 0.15) is 64.5 Å². The first kappa shape index (κ1) is 30.3. The Balaban J connectivity index is 2.00. The van der Waals surface area contributed by atoms with Gasteiger partial charge in [-0.25, -0.2) is 14.2 Å². The predicted octanol–water partition coefficient (Wildman–Crippen LogP) is 4.41. The molecule has 39 heavy (non-hydrogen) atoms. The van der Waals surface area contributed by atoms with Gasteiger partial charge >= 0.3 is 12.1 Å². The van der Waals surface area contributed by atoms with Gasteiger partial charge in [0.15, 0.2) is 5.82 Å². The molecule has 1 aliphatic heterocycles. The van der Waals surface area contributed by atoms with Gasteiger partial charge in [0.05, 0.1) is 23.0 Å². The highest BCUT2D eigenvalue weighted by Gasteiger charge is 2.40. The largest absolute Gasteiger partial charge is 0.481 e. The van der Waals surface area contributed by atoms with Gasteiger partial charge in [0, 0.05) is 46.0 Å². The summed E-state index contributed by atoms with van der Waals surface area (Å²) in [6, 6.07) is 3.69. The first-order chi connectivity index (χ1) is 18.3. The molecule has 0 unspecified atom stereocenters. The van der Waals surface area contributed by atoms with Crippen LogP contribution in [0.3, 0.4) is 0 Å². The summed E-state index contributed by atoms with van der Waals surface area (Å²) in [5.74, 6) is -2.51. The second kappa shape index (κ2) is 12.8. The molecule has 1 aromatic heterocycles. The van der Waals surface area contributed by atoms with Crippen LogP contribution in [0.2, 0.25) is 0 Å². The van der Waals surface area contributed by atoms with Gasteiger partial charge < -0.3 is 28.9 Å². The standard InChI is InChI=1S/C28H41FN4O6/c1-18(2)15-33(21-13-19(26(35)36)16-31(17-21)27(37)39-28(3,4)5)25(34)24-30-22-14-20(29)9-10-23(22)32(24)11-7-8-12-38-6/h9-10,14,18-19,21H,7-8,11-13,15-17H2,1-6H3,(H,35,36)/t19-,21+/m1/s1. The summed E-state index contributed by atoms with van der Waals surface area (Å²) < 4.78 is 26.5. The first-order valence-corrected chi connectivity index (χ1v) is 13.5. The Labute approximate surface area is 229 Å². The van der Waals surface area contributed by atoms with E-state index in [1.54, 1.807) is 43.4 Å². The molecule has 1 N–H and O–H groups in total. The van der Waals surface area contributed by atoms with Crippen molar-refractivity contribution in [1.29, 1.82) is 0 Å². The summed E-state index contributed by atoms with van der Waals surface area (Å²) >= 11 is 0. The summed E-state index contributed by atoms with van der Waals surface area (Å²) in [5.41, 5.74) is 0.264.